The Kier molecular flexibility index (Phi) is 5.33. The van der Waals surface area contributed by atoms with Crippen LogP contribution in [0.2, 0.25) is 0 Å². The summed E-state index contributed by atoms with van der Waals surface area (Å²) in [6.45, 7) is 1.70. The van der Waals surface area contributed by atoms with Crippen molar-refractivity contribution in [1.29, 1.82) is 0 Å². The van der Waals surface area contributed by atoms with E-state index in [4.69, 9.17) is 4.74 Å². The van der Waals surface area contributed by atoms with Gasteiger partial charge in [0.2, 0.25) is 9.84 Å². The lowest BCUT2D eigenvalue weighted by molar-refractivity contribution is 0.100. The van der Waals surface area contributed by atoms with Crippen LogP contribution in [0.3, 0.4) is 0 Å². The maximum absolute atomic E-state index is 12.9. The molecule has 0 spiro atoms. The number of carbonyl (C=O) groups is 1. The maximum atomic E-state index is 12.9. The molecule has 0 amide bonds. The van der Waals surface area contributed by atoms with Gasteiger partial charge in [0.25, 0.3) is 0 Å². The summed E-state index contributed by atoms with van der Waals surface area (Å²) in [6.07, 6.45) is 0. The number of carbonyl (C=O) groups excluding carboxylic acids is 1. The van der Waals surface area contributed by atoms with E-state index in [2.05, 4.69) is 4.98 Å². The molecule has 0 fully saturated rings. The average Bonchev–Trinajstić information content (AvgIpc) is 2.77. The summed E-state index contributed by atoms with van der Waals surface area (Å²) in [5.41, 5.74) is 1.70. The lowest BCUT2D eigenvalue weighted by Crippen LogP contribution is -2.05. The van der Waals surface area contributed by atoms with Gasteiger partial charge in [0.15, 0.2) is 5.78 Å². The normalized spacial score (nSPS) is 11.4. The van der Waals surface area contributed by atoms with E-state index in [1.807, 2.05) is 30.3 Å². The summed E-state index contributed by atoms with van der Waals surface area (Å²) in [7, 11) is -3.66. The minimum atomic E-state index is -3.66. The highest BCUT2D eigenvalue weighted by atomic mass is 32.2. The van der Waals surface area contributed by atoms with E-state index in [1.165, 1.54) is 13.0 Å². The minimum absolute atomic E-state index is 0.160. The summed E-state index contributed by atoms with van der Waals surface area (Å²) in [6, 6.07) is 24.2. The fourth-order valence-corrected chi connectivity index (χ4v) is 4.45. The fraction of sp³-hybridized carbons (Fsp3) is 0.0833. The first-order chi connectivity index (χ1) is 14.4. The van der Waals surface area contributed by atoms with Crippen molar-refractivity contribution in [3.05, 3.63) is 96.2 Å². The first kappa shape index (κ1) is 19.8. The average molecular weight is 417 g/mol. The number of ketones is 1. The smallest absolute Gasteiger partial charge is 0.206 e. The number of aromatic nitrogens is 1. The molecule has 0 saturated heterocycles. The molecular formula is C24H19NO4S. The number of nitrogens with zero attached hydrogens (tertiary/aromatic N) is 1. The highest BCUT2D eigenvalue weighted by Gasteiger charge is 2.19. The Morgan fingerprint density at radius 1 is 0.867 bits per heavy atom. The van der Waals surface area contributed by atoms with Crippen LogP contribution in [-0.2, 0) is 16.4 Å². The molecule has 30 heavy (non-hydrogen) atoms. The number of pyridine rings is 1. The van der Waals surface area contributed by atoms with Crippen LogP contribution in [0.5, 0.6) is 5.75 Å². The van der Waals surface area contributed by atoms with Crippen molar-refractivity contribution in [2.24, 2.45) is 0 Å². The van der Waals surface area contributed by atoms with Crippen molar-refractivity contribution in [2.75, 3.05) is 0 Å². The molecule has 0 atom stereocenters. The molecule has 4 aromatic rings. The summed E-state index contributed by atoms with van der Waals surface area (Å²) < 4.78 is 31.8. The predicted molar refractivity (Wildman–Crippen MR) is 114 cm³/mol. The Morgan fingerprint density at radius 2 is 1.53 bits per heavy atom. The molecule has 5 nitrogen and oxygen atoms in total. The van der Waals surface area contributed by atoms with Crippen LogP contribution in [0.25, 0.3) is 10.9 Å². The van der Waals surface area contributed by atoms with E-state index in [0.29, 0.717) is 16.7 Å². The summed E-state index contributed by atoms with van der Waals surface area (Å²) >= 11 is 0. The van der Waals surface area contributed by atoms with E-state index < -0.39 is 9.84 Å². The molecule has 0 radical (unpaired) electrons. The number of hydrogen-bond acceptors (Lipinski definition) is 5. The van der Waals surface area contributed by atoms with Gasteiger partial charge in [-0.25, -0.2) is 13.4 Å². The van der Waals surface area contributed by atoms with Crippen LogP contribution in [-0.4, -0.2) is 19.2 Å². The van der Waals surface area contributed by atoms with Crippen molar-refractivity contribution >= 4 is 26.5 Å². The second-order valence-electron chi connectivity index (χ2n) is 6.84. The van der Waals surface area contributed by atoms with Gasteiger partial charge in [-0.15, -0.1) is 0 Å². The lowest BCUT2D eigenvalue weighted by atomic mass is 10.1. The van der Waals surface area contributed by atoms with Gasteiger partial charge in [-0.1, -0.05) is 48.5 Å². The molecule has 0 unspecified atom stereocenters. The summed E-state index contributed by atoms with van der Waals surface area (Å²) in [5.74, 6) is 0.106. The van der Waals surface area contributed by atoms with E-state index in [9.17, 15) is 13.2 Å². The molecule has 0 N–H and O–H groups in total. The number of benzene rings is 3. The second kappa shape index (κ2) is 8.08. The number of rotatable bonds is 6. The van der Waals surface area contributed by atoms with Crippen LogP contribution in [0.4, 0.5) is 0 Å². The van der Waals surface area contributed by atoms with Gasteiger partial charge < -0.3 is 4.74 Å². The third-order valence-electron chi connectivity index (χ3n) is 4.69. The van der Waals surface area contributed by atoms with Crippen molar-refractivity contribution in [3.8, 4) is 5.75 Å². The van der Waals surface area contributed by atoms with Gasteiger partial charge in [0.05, 0.1) is 15.3 Å². The number of hydrogen-bond donors (Lipinski definition) is 0. The number of fused-ring (bicyclic) bond motifs is 1. The maximum Gasteiger partial charge on any atom is 0.206 e. The van der Waals surface area contributed by atoms with Crippen molar-refractivity contribution in [1.82, 2.24) is 4.98 Å². The molecule has 0 aliphatic heterocycles. The number of sulfone groups is 1. The monoisotopic (exact) mass is 417 g/mol. The topological polar surface area (TPSA) is 73.3 Å². The van der Waals surface area contributed by atoms with Crippen molar-refractivity contribution < 1.29 is 17.9 Å². The molecule has 6 heteroatoms. The highest BCUT2D eigenvalue weighted by Crippen LogP contribution is 2.28. The number of Topliss-reactive ketones (excluding diaryl/α,β-unsaturated/α-hetero) is 1. The third kappa shape index (κ3) is 3.95. The fourth-order valence-electron chi connectivity index (χ4n) is 3.14. The predicted octanol–water partition coefficient (Wildman–Crippen LogP) is 4.85. The van der Waals surface area contributed by atoms with Gasteiger partial charge in [-0.2, -0.15) is 0 Å². The lowest BCUT2D eigenvalue weighted by Gasteiger charge is -2.12. The van der Waals surface area contributed by atoms with Crippen LogP contribution in [0.15, 0.2) is 94.7 Å². The zero-order chi connectivity index (χ0) is 21.1. The molecule has 4 rings (SSSR count). The van der Waals surface area contributed by atoms with E-state index in [0.717, 1.165) is 5.56 Å². The molecule has 0 bridgehead atoms. The van der Waals surface area contributed by atoms with Crippen molar-refractivity contribution in [2.45, 2.75) is 23.3 Å². The second-order valence-corrected chi connectivity index (χ2v) is 8.79. The van der Waals surface area contributed by atoms with E-state index in [-0.39, 0.29) is 27.9 Å². The zero-order valence-electron chi connectivity index (χ0n) is 16.3. The number of ether oxygens (including phenoxy) is 1. The Hall–Kier alpha value is -3.51. The SMILES string of the molecule is CC(=O)c1nc2ccc(S(=O)(=O)c3ccccc3)cc2cc1OCc1ccccc1. The van der Waals surface area contributed by atoms with Gasteiger partial charge >= 0.3 is 0 Å². The standard InChI is InChI=1S/C24H19NO4S/c1-17(26)24-23(29-16-18-8-4-2-5-9-18)15-19-14-21(12-13-22(19)25-24)30(27,28)20-10-6-3-7-11-20/h2-15H,16H2,1H3. The largest absolute Gasteiger partial charge is 0.486 e. The quantitative estimate of drug-likeness (QED) is 0.419. The van der Waals surface area contributed by atoms with Gasteiger partial charge in [-0.05, 0) is 42.0 Å². The first-order valence-electron chi connectivity index (χ1n) is 9.38. The van der Waals surface area contributed by atoms with Crippen LogP contribution in [0, 0.1) is 0 Å². The molecule has 1 aromatic heterocycles. The summed E-state index contributed by atoms with van der Waals surface area (Å²) in [5, 5.41) is 0.583. The van der Waals surface area contributed by atoms with Crippen LogP contribution >= 0.6 is 0 Å². The molecule has 3 aromatic carbocycles. The third-order valence-corrected chi connectivity index (χ3v) is 6.45. The first-order valence-corrected chi connectivity index (χ1v) is 10.9. The van der Waals surface area contributed by atoms with Gasteiger partial charge in [0, 0.05) is 12.3 Å². The zero-order valence-corrected chi connectivity index (χ0v) is 17.1. The molecule has 0 saturated carbocycles. The van der Waals surface area contributed by atoms with Crippen LogP contribution < -0.4 is 4.74 Å². The van der Waals surface area contributed by atoms with E-state index in [1.54, 1.807) is 48.5 Å². The molecule has 0 aliphatic carbocycles. The van der Waals surface area contributed by atoms with Gasteiger partial charge in [-0.3, -0.25) is 4.79 Å². The molecular weight excluding hydrogens is 398 g/mol. The van der Waals surface area contributed by atoms with E-state index >= 15 is 0 Å². The Balaban J connectivity index is 1.76. The molecule has 150 valence electrons. The Morgan fingerprint density at radius 3 is 2.20 bits per heavy atom. The van der Waals surface area contributed by atoms with Crippen molar-refractivity contribution in [3.63, 3.8) is 0 Å². The minimum Gasteiger partial charge on any atom is -0.486 e. The molecule has 0 aliphatic rings. The summed E-state index contributed by atoms with van der Waals surface area (Å²) in [4.78, 5) is 16.9. The highest BCUT2D eigenvalue weighted by molar-refractivity contribution is 7.91. The van der Waals surface area contributed by atoms with Crippen LogP contribution in [0.1, 0.15) is 23.0 Å². The van der Waals surface area contributed by atoms with Gasteiger partial charge in [0.1, 0.15) is 18.1 Å². The Bertz CT molecular complexity index is 1320. The Labute approximate surface area is 174 Å². The molecule has 1 heterocycles.